The number of urea groups is 1. The predicted octanol–water partition coefficient (Wildman–Crippen LogP) is 2.01. The van der Waals surface area contributed by atoms with Crippen LogP contribution in [0.5, 0.6) is 5.88 Å². The van der Waals surface area contributed by atoms with Crippen molar-refractivity contribution >= 4 is 6.03 Å². The van der Waals surface area contributed by atoms with Gasteiger partial charge in [-0.15, -0.1) is 0 Å². The van der Waals surface area contributed by atoms with Crippen molar-refractivity contribution in [3.05, 3.63) is 23.9 Å². The Hall–Kier alpha value is -2.33. The van der Waals surface area contributed by atoms with Crippen LogP contribution in [0.25, 0.3) is 0 Å². The zero-order valence-corrected chi connectivity index (χ0v) is 16.1. The highest BCUT2D eigenvalue weighted by Crippen LogP contribution is 2.57. The first kappa shape index (κ1) is 17.7. The number of rotatable bonds is 4. The third kappa shape index (κ3) is 2.82. The van der Waals surface area contributed by atoms with Crippen molar-refractivity contribution in [3.8, 4) is 11.9 Å². The van der Waals surface area contributed by atoms with Gasteiger partial charge in [0.15, 0.2) is 0 Å². The van der Waals surface area contributed by atoms with Gasteiger partial charge in [-0.05, 0) is 55.9 Å². The number of likely N-dealkylation sites (N-methyl/N-ethyl adjacent to an activating group) is 1. The number of carbonyl (C=O) groups is 1. The minimum Gasteiger partial charge on any atom is -0.475 e. The molecule has 4 saturated carbocycles. The minimum absolute atomic E-state index is 0.0229. The summed E-state index contributed by atoms with van der Waals surface area (Å²) in [6.45, 7) is 1.04. The van der Waals surface area contributed by atoms with E-state index in [2.05, 4.69) is 9.88 Å². The fourth-order valence-corrected chi connectivity index (χ4v) is 6.38. The molecule has 7 nitrogen and oxygen atoms in total. The van der Waals surface area contributed by atoms with Gasteiger partial charge >= 0.3 is 6.03 Å². The molecule has 3 atom stereocenters. The molecule has 7 heteroatoms. The van der Waals surface area contributed by atoms with E-state index < -0.39 is 5.60 Å². The Bertz CT molecular complexity index is 804. The molecule has 0 radical (unpaired) electrons. The SMILES string of the molecule is CN1C(=O)N(C2C3CC4CC2CC(O)(C4)C3)CC1COc1ccc(C#N)cn1. The number of nitrogens with zero attached hydrogens (tertiary/aromatic N) is 4. The summed E-state index contributed by atoms with van der Waals surface area (Å²) in [6, 6.07) is 5.71. The number of aliphatic hydroxyl groups is 1. The molecular formula is C21H26N4O3. The molecule has 1 aliphatic heterocycles. The van der Waals surface area contributed by atoms with Gasteiger partial charge in [0, 0.05) is 31.9 Å². The van der Waals surface area contributed by atoms with Crippen LogP contribution in [0, 0.1) is 29.1 Å². The fraction of sp³-hybridized carbons (Fsp3) is 0.667. The normalized spacial score (nSPS) is 38.8. The molecule has 4 aliphatic carbocycles. The van der Waals surface area contributed by atoms with Crippen molar-refractivity contribution in [2.24, 2.45) is 17.8 Å². The number of pyridine rings is 1. The van der Waals surface area contributed by atoms with Crippen LogP contribution >= 0.6 is 0 Å². The second-order valence-electron chi connectivity index (χ2n) is 9.19. The molecule has 6 rings (SSSR count). The molecule has 2 amide bonds. The number of hydrogen-bond acceptors (Lipinski definition) is 5. The molecule has 1 aromatic heterocycles. The van der Waals surface area contributed by atoms with E-state index in [0.29, 0.717) is 42.3 Å². The van der Waals surface area contributed by atoms with Gasteiger partial charge in [0.2, 0.25) is 5.88 Å². The van der Waals surface area contributed by atoms with Crippen LogP contribution in [0.15, 0.2) is 18.3 Å². The summed E-state index contributed by atoms with van der Waals surface area (Å²) in [5.74, 6) is 1.95. The summed E-state index contributed by atoms with van der Waals surface area (Å²) >= 11 is 0. The molecule has 28 heavy (non-hydrogen) atoms. The van der Waals surface area contributed by atoms with Gasteiger partial charge in [0.25, 0.3) is 0 Å². The van der Waals surface area contributed by atoms with Crippen LogP contribution in [-0.4, -0.2) is 63.8 Å². The van der Waals surface area contributed by atoms with Crippen molar-refractivity contribution in [1.29, 1.82) is 5.26 Å². The lowest BCUT2D eigenvalue weighted by atomic mass is 9.52. The standard InChI is InChI=1S/C21H26N4O3/c1-24-17(12-28-18-3-2-13(9-22)10-23-18)11-25(20(24)26)19-15-4-14-5-16(19)8-21(27,6-14)7-15/h2-3,10,14-17,19,27H,4-8,11-12H2,1H3. The summed E-state index contributed by atoms with van der Waals surface area (Å²) in [4.78, 5) is 21.0. The Labute approximate surface area is 164 Å². The van der Waals surface area contributed by atoms with E-state index in [1.54, 1.807) is 17.0 Å². The van der Waals surface area contributed by atoms with Crippen LogP contribution in [-0.2, 0) is 0 Å². The molecule has 5 fully saturated rings. The molecule has 1 saturated heterocycles. The summed E-state index contributed by atoms with van der Waals surface area (Å²) < 4.78 is 5.80. The first-order valence-electron chi connectivity index (χ1n) is 10.2. The third-order valence-corrected chi connectivity index (χ3v) is 7.34. The lowest BCUT2D eigenvalue weighted by Gasteiger charge is -2.59. The Kier molecular flexibility index (Phi) is 4.02. The largest absolute Gasteiger partial charge is 0.475 e. The number of amides is 2. The van der Waals surface area contributed by atoms with E-state index in [-0.39, 0.29) is 18.1 Å². The highest BCUT2D eigenvalue weighted by Gasteiger charge is 2.58. The van der Waals surface area contributed by atoms with Gasteiger partial charge in [0.1, 0.15) is 12.7 Å². The van der Waals surface area contributed by atoms with Gasteiger partial charge in [-0.3, -0.25) is 0 Å². The zero-order chi connectivity index (χ0) is 19.5. The average Bonchev–Trinajstić information content (AvgIpc) is 2.94. The van der Waals surface area contributed by atoms with Crippen molar-refractivity contribution in [1.82, 2.24) is 14.8 Å². The maximum absolute atomic E-state index is 13.0. The number of aromatic nitrogens is 1. The average molecular weight is 382 g/mol. The van der Waals surface area contributed by atoms with Gasteiger partial charge in [0.05, 0.1) is 17.2 Å². The zero-order valence-electron chi connectivity index (χ0n) is 16.1. The van der Waals surface area contributed by atoms with Crippen molar-refractivity contribution < 1.29 is 14.6 Å². The number of hydrogen-bond donors (Lipinski definition) is 1. The highest BCUT2D eigenvalue weighted by atomic mass is 16.5. The monoisotopic (exact) mass is 382 g/mol. The first-order chi connectivity index (χ1) is 13.5. The molecule has 1 aromatic rings. The molecule has 4 bridgehead atoms. The maximum Gasteiger partial charge on any atom is 0.320 e. The molecule has 2 heterocycles. The summed E-state index contributed by atoms with van der Waals surface area (Å²) in [5.41, 5.74) is 0.0149. The van der Waals surface area contributed by atoms with Gasteiger partial charge in [-0.25, -0.2) is 9.78 Å². The van der Waals surface area contributed by atoms with Crippen LogP contribution in [0.1, 0.15) is 37.7 Å². The van der Waals surface area contributed by atoms with E-state index >= 15 is 0 Å². The van der Waals surface area contributed by atoms with Crippen LogP contribution in [0.2, 0.25) is 0 Å². The minimum atomic E-state index is -0.481. The Morgan fingerprint density at radius 3 is 2.68 bits per heavy atom. The van der Waals surface area contributed by atoms with E-state index in [9.17, 15) is 9.90 Å². The summed E-state index contributed by atoms with van der Waals surface area (Å²) in [6.07, 6.45) is 6.42. The summed E-state index contributed by atoms with van der Waals surface area (Å²) in [7, 11) is 1.84. The van der Waals surface area contributed by atoms with Crippen molar-refractivity contribution in [3.63, 3.8) is 0 Å². The van der Waals surface area contributed by atoms with E-state index in [1.807, 2.05) is 13.1 Å². The Morgan fingerprint density at radius 1 is 1.32 bits per heavy atom. The number of ether oxygens (including phenoxy) is 1. The molecule has 148 valence electrons. The van der Waals surface area contributed by atoms with E-state index in [0.717, 1.165) is 32.1 Å². The van der Waals surface area contributed by atoms with Gasteiger partial charge in [-0.2, -0.15) is 5.26 Å². The quantitative estimate of drug-likeness (QED) is 0.860. The van der Waals surface area contributed by atoms with Crippen molar-refractivity contribution in [2.45, 2.75) is 49.8 Å². The molecule has 0 spiro atoms. The van der Waals surface area contributed by atoms with Crippen molar-refractivity contribution in [2.75, 3.05) is 20.2 Å². The fourth-order valence-electron chi connectivity index (χ4n) is 6.38. The first-order valence-corrected chi connectivity index (χ1v) is 10.2. The van der Waals surface area contributed by atoms with Crippen LogP contribution < -0.4 is 4.74 Å². The second kappa shape index (κ2) is 6.35. The van der Waals surface area contributed by atoms with Crippen LogP contribution in [0.4, 0.5) is 4.79 Å². The molecular weight excluding hydrogens is 356 g/mol. The van der Waals surface area contributed by atoms with Crippen LogP contribution in [0.3, 0.4) is 0 Å². The smallest absolute Gasteiger partial charge is 0.320 e. The Morgan fingerprint density at radius 2 is 2.07 bits per heavy atom. The number of nitriles is 1. The van der Waals surface area contributed by atoms with E-state index in [1.165, 1.54) is 6.20 Å². The topological polar surface area (TPSA) is 89.7 Å². The molecule has 0 aromatic carbocycles. The predicted molar refractivity (Wildman–Crippen MR) is 100 cm³/mol. The number of carbonyl (C=O) groups excluding carboxylic acids is 1. The lowest BCUT2D eigenvalue weighted by Crippen LogP contribution is -2.62. The molecule has 1 N–H and O–H groups in total. The lowest BCUT2D eigenvalue weighted by molar-refractivity contribution is -0.152. The maximum atomic E-state index is 13.0. The Balaban J connectivity index is 1.26. The van der Waals surface area contributed by atoms with Gasteiger partial charge in [-0.1, -0.05) is 0 Å². The second-order valence-corrected chi connectivity index (χ2v) is 9.19. The third-order valence-electron chi connectivity index (χ3n) is 7.34. The van der Waals surface area contributed by atoms with E-state index in [4.69, 9.17) is 10.00 Å². The molecule has 3 unspecified atom stereocenters. The highest BCUT2D eigenvalue weighted by molar-refractivity contribution is 5.77. The van der Waals surface area contributed by atoms with Gasteiger partial charge < -0.3 is 19.6 Å². The summed E-state index contributed by atoms with van der Waals surface area (Å²) in [5, 5.41) is 19.7. The molecule has 5 aliphatic rings.